The van der Waals surface area contributed by atoms with E-state index in [9.17, 15) is 0 Å². The van der Waals surface area contributed by atoms with E-state index in [1.54, 1.807) is 11.8 Å². The second-order valence-electron chi connectivity index (χ2n) is 6.92. The van der Waals surface area contributed by atoms with E-state index in [1.807, 2.05) is 6.07 Å². The van der Waals surface area contributed by atoms with E-state index in [1.165, 1.54) is 11.1 Å². The van der Waals surface area contributed by atoms with Crippen LogP contribution in [-0.2, 0) is 10.5 Å². The molecule has 1 aromatic heterocycles. The number of nitrogens with zero attached hydrogens (tertiary/aromatic N) is 4. The molecule has 2 aliphatic rings. The van der Waals surface area contributed by atoms with Crippen LogP contribution < -0.4 is 10.6 Å². The molecule has 26 heavy (non-hydrogen) atoms. The summed E-state index contributed by atoms with van der Waals surface area (Å²) in [5.74, 6) is 2.32. The summed E-state index contributed by atoms with van der Waals surface area (Å²) >= 11 is 1.63. The zero-order chi connectivity index (χ0) is 17.9. The normalized spacial score (nSPS) is 18.7. The van der Waals surface area contributed by atoms with Gasteiger partial charge in [0, 0.05) is 44.0 Å². The van der Waals surface area contributed by atoms with E-state index < -0.39 is 0 Å². The van der Waals surface area contributed by atoms with Crippen LogP contribution in [0.15, 0.2) is 35.5 Å². The maximum absolute atomic E-state index is 6.02. The molecule has 0 radical (unpaired) electrons. The fourth-order valence-electron chi connectivity index (χ4n) is 3.30. The third kappa shape index (κ3) is 4.11. The van der Waals surface area contributed by atoms with Crippen molar-refractivity contribution in [2.45, 2.75) is 23.9 Å². The number of morpholine rings is 1. The smallest absolute Gasteiger partial charge is 0.191 e. The molecule has 1 aromatic carbocycles. The van der Waals surface area contributed by atoms with Crippen LogP contribution in [0.2, 0.25) is 0 Å². The molecule has 138 valence electrons. The second kappa shape index (κ2) is 7.82. The van der Waals surface area contributed by atoms with Crippen molar-refractivity contribution in [1.29, 1.82) is 0 Å². The summed E-state index contributed by atoms with van der Waals surface area (Å²) in [4.78, 5) is 13.9. The molecule has 2 N–H and O–H groups in total. The number of rotatable bonds is 5. The van der Waals surface area contributed by atoms with Crippen LogP contribution in [0, 0.1) is 6.92 Å². The largest absolute Gasteiger partial charge is 0.383 e. The average Bonchev–Trinajstić information content (AvgIpc) is 2.61. The summed E-state index contributed by atoms with van der Waals surface area (Å²) in [6, 6.07) is 11.0. The van der Waals surface area contributed by atoms with Crippen molar-refractivity contribution in [2.24, 2.45) is 0 Å². The van der Waals surface area contributed by atoms with E-state index >= 15 is 0 Å². The first-order valence-electron chi connectivity index (χ1n) is 9.07. The van der Waals surface area contributed by atoms with Gasteiger partial charge >= 0.3 is 0 Å². The van der Waals surface area contributed by atoms with Gasteiger partial charge in [-0.1, -0.05) is 41.6 Å². The summed E-state index contributed by atoms with van der Waals surface area (Å²) in [6.07, 6.45) is 0. The first-order valence-corrected chi connectivity index (χ1v) is 10.1. The minimum atomic E-state index is 0.538. The molecule has 2 aliphatic heterocycles. The molecule has 4 rings (SSSR count). The minimum absolute atomic E-state index is 0.538. The maximum atomic E-state index is 6.02. The predicted molar refractivity (Wildman–Crippen MR) is 106 cm³/mol. The van der Waals surface area contributed by atoms with Crippen molar-refractivity contribution >= 4 is 23.4 Å². The van der Waals surface area contributed by atoms with E-state index in [0.29, 0.717) is 11.9 Å². The quantitative estimate of drug-likeness (QED) is 0.638. The molecular formula is C19H25N5OS. The molecule has 6 nitrogen and oxygen atoms in total. The van der Waals surface area contributed by atoms with Gasteiger partial charge in [-0.05, 0) is 12.5 Å². The molecule has 3 heterocycles. The fourth-order valence-corrected chi connectivity index (χ4v) is 4.12. The number of thioether (sulfide) groups is 1. The monoisotopic (exact) mass is 371 g/mol. The number of aromatic nitrogens is 2. The Morgan fingerprint density at radius 1 is 1.15 bits per heavy atom. The summed E-state index contributed by atoms with van der Waals surface area (Å²) < 4.78 is 5.44. The number of nitrogens with two attached hydrogens (primary N) is 1. The highest BCUT2D eigenvalue weighted by molar-refractivity contribution is 7.98. The number of hydrogen-bond donors (Lipinski definition) is 1. The maximum Gasteiger partial charge on any atom is 0.191 e. The molecule has 0 amide bonds. The minimum Gasteiger partial charge on any atom is -0.383 e. The van der Waals surface area contributed by atoms with E-state index in [0.717, 1.165) is 56.1 Å². The second-order valence-corrected chi connectivity index (χ2v) is 7.86. The van der Waals surface area contributed by atoms with Gasteiger partial charge in [0.05, 0.1) is 13.2 Å². The Morgan fingerprint density at radius 2 is 1.88 bits per heavy atom. The van der Waals surface area contributed by atoms with Crippen molar-refractivity contribution in [3.63, 3.8) is 0 Å². The van der Waals surface area contributed by atoms with Gasteiger partial charge in [0.25, 0.3) is 0 Å². The lowest BCUT2D eigenvalue weighted by atomic mass is 10.1. The van der Waals surface area contributed by atoms with Crippen LogP contribution in [0.5, 0.6) is 0 Å². The van der Waals surface area contributed by atoms with Crippen LogP contribution in [0.25, 0.3) is 0 Å². The van der Waals surface area contributed by atoms with Crippen molar-refractivity contribution in [2.75, 3.05) is 50.0 Å². The lowest BCUT2D eigenvalue weighted by molar-refractivity contribution is 0.0104. The molecule has 0 aliphatic carbocycles. The van der Waals surface area contributed by atoms with Gasteiger partial charge in [-0.3, -0.25) is 4.90 Å². The summed E-state index contributed by atoms with van der Waals surface area (Å²) in [6.45, 7) is 7.84. The number of hydrogen-bond acceptors (Lipinski definition) is 7. The van der Waals surface area contributed by atoms with E-state index in [4.69, 9.17) is 15.5 Å². The topological polar surface area (TPSA) is 67.5 Å². The number of nitrogen functional groups attached to an aromatic ring is 1. The van der Waals surface area contributed by atoms with Gasteiger partial charge in [-0.15, -0.1) is 0 Å². The highest BCUT2D eigenvalue weighted by atomic mass is 32.2. The Morgan fingerprint density at radius 3 is 2.62 bits per heavy atom. The molecule has 0 spiro atoms. The molecule has 2 fully saturated rings. The molecule has 2 saturated heterocycles. The lowest BCUT2D eigenvalue weighted by Gasteiger charge is -2.47. The highest BCUT2D eigenvalue weighted by Gasteiger charge is 2.33. The van der Waals surface area contributed by atoms with Gasteiger partial charge in [-0.2, -0.15) is 0 Å². The van der Waals surface area contributed by atoms with Gasteiger partial charge in [0.15, 0.2) is 5.16 Å². The van der Waals surface area contributed by atoms with E-state index in [-0.39, 0.29) is 0 Å². The van der Waals surface area contributed by atoms with Gasteiger partial charge < -0.3 is 15.4 Å². The molecule has 7 heteroatoms. The summed E-state index contributed by atoms with van der Waals surface area (Å²) in [7, 11) is 0. The van der Waals surface area contributed by atoms with Gasteiger partial charge in [0.1, 0.15) is 11.6 Å². The zero-order valence-electron chi connectivity index (χ0n) is 15.1. The Hall–Kier alpha value is -1.83. The summed E-state index contributed by atoms with van der Waals surface area (Å²) in [5, 5.41) is 0.746. The van der Waals surface area contributed by atoms with Crippen molar-refractivity contribution in [1.82, 2.24) is 14.9 Å². The van der Waals surface area contributed by atoms with Crippen LogP contribution in [-0.4, -0.2) is 60.3 Å². The highest BCUT2D eigenvalue weighted by Crippen LogP contribution is 2.27. The zero-order valence-corrected chi connectivity index (χ0v) is 15.9. The summed E-state index contributed by atoms with van der Waals surface area (Å²) in [5.41, 5.74) is 8.56. The molecule has 0 saturated carbocycles. The van der Waals surface area contributed by atoms with Crippen LogP contribution in [0.3, 0.4) is 0 Å². The molecular weight excluding hydrogens is 346 g/mol. The van der Waals surface area contributed by atoms with Gasteiger partial charge in [0.2, 0.25) is 0 Å². The molecule has 0 unspecified atom stereocenters. The van der Waals surface area contributed by atoms with E-state index in [2.05, 4.69) is 46.0 Å². The van der Waals surface area contributed by atoms with Crippen molar-refractivity contribution in [3.05, 3.63) is 41.5 Å². The van der Waals surface area contributed by atoms with Crippen molar-refractivity contribution < 1.29 is 4.74 Å². The number of aryl methyl sites for hydroxylation is 1. The first kappa shape index (κ1) is 17.6. The lowest BCUT2D eigenvalue weighted by Crippen LogP contribution is -2.61. The predicted octanol–water partition coefficient (Wildman–Crippen LogP) is 2.18. The fraction of sp³-hybridized carbons (Fsp3) is 0.474. The standard InChI is InChI=1S/C19H25N5OS/c1-14-2-4-15(5-3-14)13-26-19-21-17(20)10-18(22-19)24-11-16(12-24)23-6-8-25-9-7-23/h2-5,10,16H,6-9,11-13H2,1H3,(H2,20,21,22). The molecule has 0 atom stereocenters. The third-order valence-corrected chi connectivity index (χ3v) is 5.87. The average molecular weight is 372 g/mol. The van der Waals surface area contributed by atoms with Crippen molar-refractivity contribution in [3.8, 4) is 0 Å². The van der Waals surface area contributed by atoms with Crippen LogP contribution >= 0.6 is 11.8 Å². The Balaban J connectivity index is 1.36. The number of anilines is 2. The SMILES string of the molecule is Cc1ccc(CSc2nc(N)cc(N3CC(N4CCOCC4)C3)n2)cc1. The Labute approximate surface area is 158 Å². The Kier molecular flexibility index (Phi) is 5.28. The number of ether oxygens (including phenoxy) is 1. The molecule has 0 bridgehead atoms. The third-order valence-electron chi connectivity index (χ3n) is 4.95. The van der Waals surface area contributed by atoms with Gasteiger partial charge in [-0.25, -0.2) is 9.97 Å². The Bertz CT molecular complexity index is 742. The number of benzene rings is 1. The molecule has 2 aromatic rings. The first-order chi connectivity index (χ1) is 12.7. The van der Waals surface area contributed by atoms with Crippen LogP contribution in [0.1, 0.15) is 11.1 Å². The van der Waals surface area contributed by atoms with Crippen LogP contribution in [0.4, 0.5) is 11.6 Å².